The number of hydrogen-bond donors (Lipinski definition) is 1. The van der Waals surface area contributed by atoms with Crippen molar-refractivity contribution in [3.05, 3.63) is 30.1 Å². The molecule has 2 rings (SSSR count). The van der Waals surface area contributed by atoms with Gasteiger partial charge in [0.1, 0.15) is 5.82 Å². The van der Waals surface area contributed by atoms with Crippen molar-refractivity contribution in [2.75, 3.05) is 38.6 Å². The van der Waals surface area contributed by atoms with Gasteiger partial charge in [0.25, 0.3) is 0 Å². The second-order valence-corrected chi connectivity index (χ2v) is 5.17. The quantitative estimate of drug-likeness (QED) is 0.879. The summed E-state index contributed by atoms with van der Waals surface area (Å²) >= 11 is 0. The summed E-state index contributed by atoms with van der Waals surface area (Å²) in [6.45, 7) is 5.12. The van der Waals surface area contributed by atoms with Crippen LogP contribution in [-0.4, -0.2) is 50.7 Å². The van der Waals surface area contributed by atoms with E-state index in [0.717, 1.165) is 25.3 Å². The van der Waals surface area contributed by atoms with Crippen LogP contribution in [0, 0.1) is 5.82 Å². The predicted octanol–water partition coefficient (Wildman–Crippen LogP) is 1.55. The maximum atomic E-state index is 13.4. The van der Waals surface area contributed by atoms with Crippen molar-refractivity contribution in [1.29, 1.82) is 0 Å². The lowest BCUT2D eigenvalue weighted by Gasteiger charge is -2.46. The number of piperazine rings is 1. The average Bonchev–Trinajstić information content (AvgIpc) is 2.28. The highest BCUT2D eigenvalue weighted by Crippen LogP contribution is 2.24. The highest BCUT2D eigenvalue weighted by molar-refractivity contribution is 5.49. The van der Waals surface area contributed by atoms with E-state index < -0.39 is 0 Å². The highest BCUT2D eigenvalue weighted by atomic mass is 19.1. The van der Waals surface area contributed by atoms with Crippen LogP contribution in [0.5, 0.6) is 0 Å². The summed E-state index contributed by atoms with van der Waals surface area (Å²) in [6, 6.07) is 7.68. The van der Waals surface area contributed by atoms with Gasteiger partial charge in [0, 0.05) is 31.4 Å². The van der Waals surface area contributed by atoms with E-state index in [9.17, 15) is 4.39 Å². The van der Waals surface area contributed by atoms with Gasteiger partial charge in [-0.05, 0) is 39.2 Å². The summed E-state index contributed by atoms with van der Waals surface area (Å²) in [7, 11) is 4.10. The van der Waals surface area contributed by atoms with Crippen LogP contribution in [0.3, 0.4) is 0 Å². The van der Waals surface area contributed by atoms with Gasteiger partial charge in [-0.3, -0.25) is 0 Å². The van der Waals surface area contributed by atoms with E-state index in [4.69, 9.17) is 0 Å². The molecule has 2 unspecified atom stereocenters. The summed E-state index contributed by atoms with van der Waals surface area (Å²) in [4.78, 5) is 4.67. The fourth-order valence-corrected chi connectivity index (χ4v) is 2.92. The first kappa shape index (κ1) is 13.3. The Hall–Kier alpha value is -1.13. The zero-order valence-electron chi connectivity index (χ0n) is 11.4. The molecule has 1 aliphatic heterocycles. The number of rotatable bonds is 3. The number of nitrogens with zero attached hydrogens (tertiary/aromatic N) is 2. The van der Waals surface area contributed by atoms with Crippen molar-refractivity contribution in [2.24, 2.45) is 0 Å². The molecule has 0 aliphatic carbocycles. The van der Waals surface area contributed by atoms with Gasteiger partial charge >= 0.3 is 0 Å². The topological polar surface area (TPSA) is 18.5 Å². The molecule has 1 aromatic carbocycles. The van der Waals surface area contributed by atoms with Crippen molar-refractivity contribution in [2.45, 2.75) is 19.0 Å². The molecular formula is C14H22FN3. The van der Waals surface area contributed by atoms with Crippen LogP contribution in [0.1, 0.15) is 6.92 Å². The van der Waals surface area contributed by atoms with Crippen molar-refractivity contribution < 1.29 is 4.39 Å². The van der Waals surface area contributed by atoms with Gasteiger partial charge < -0.3 is 15.1 Å². The normalized spacial score (nSPS) is 25.4. The first-order valence-corrected chi connectivity index (χ1v) is 6.49. The Balaban J connectivity index is 2.26. The smallest absolute Gasteiger partial charge is 0.125 e. The summed E-state index contributed by atoms with van der Waals surface area (Å²) < 4.78 is 13.4. The number of nitrogens with one attached hydrogen (secondary N) is 1. The fourth-order valence-electron chi connectivity index (χ4n) is 2.92. The molecule has 0 amide bonds. The second kappa shape index (κ2) is 5.67. The first-order chi connectivity index (χ1) is 8.61. The van der Waals surface area contributed by atoms with Gasteiger partial charge in [-0.25, -0.2) is 4.39 Å². The van der Waals surface area contributed by atoms with E-state index in [1.807, 2.05) is 13.1 Å². The number of hydrogen-bond acceptors (Lipinski definition) is 3. The van der Waals surface area contributed by atoms with Crippen LogP contribution in [0.4, 0.5) is 10.1 Å². The second-order valence-electron chi connectivity index (χ2n) is 5.17. The van der Waals surface area contributed by atoms with Gasteiger partial charge in [-0.2, -0.15) is 0 Å². The number of likely N-dealkylation sites (N-methyl/N-ethyl adjacent to an activating group) is 2. The highest BCUT2D eigenvalue weighted by Gasteiger charge is 2.30. The lowest BCUT2D eigenvalue weighted by atomic mass is 10.1. The van der Waals surface area contributed by atoms with Crippen LogP contribution in [0.2, 0.25) is 0 Å². The van der Waals surface area contributed by atoms with Crippen molar-refractivity contribution in [1.82, 2.24) is 10.2 Å². The standard InChI is InChI=1S/C14H22FN3/c1-11-9-17(3)10-14(8-16-2)18(11)13-6-4-5-12(15)7-13/h4-7,11,14,16H,8-10H2,1-3H3. The molecule has 1 heterocycles. The fraction of sp³-hybridized carbons (Fsp3) is 0.571. The molecule has 3 nitrogen and oxygen atoms in total. The Bertz CT molecular complexity index is 396. The summed E-state index contributed by atoms with van der Waals surface area (Å²) in [5, 5.41) is 3.23. The van der Waals surface area contributed by atoms with E-state index >= 15 is 0 Å². The van der Waals surface area contributed by atoms with Crippen molar-refractivity contribution in [3.8, 4) is 0 Å². The lowest BCUT2D eigenvalue weighted by Crippen LogP contribution is -2.59. The molecule has 0 aromatic heterocycles. The van der Waals surface area contributed by atoms with Crippen LogP contribution < -0.4 is 10.2 Å². The summed E-state index contributed by atoms with van der Waals surface area (Å²) in [6.07, 6.45) is 0. The van der Waals surface area contributed by atoms with Gasteiger partial charge in [0.15, 0.2) is 0 Å². The van der Waals surface area contributed by atoms with Crippen LogP contribution >= 0.6 is 0 Å². The molecule has 1 N–H and O–H groups in total. The summed E-state index contributed by atoms with van der Waals surface area (Å²) in [5.74, 6) is -0.165. The summed E-state index contributed by atoms with van der Waals surface area (Å²) in [5.41, 5.74) is 0.982. The minimum Gasteiger partial charge on any atom is -0.362 e. The van der Waals surface area contributed by atoms with Gasteiger partial charge in [0.2, 0.25) is 0 Å². The average molecular weight is 251 g/mol. The Morgan fingerprint density at radius 3 is 2.83 bits per heavy atom. The van der Waals surface area contributed by atoms with E-state index in [1.165, 1.54) is 6.07 Å². The first-order valence-electron chi connectivity index (χ1n) is 6.49. The third-order valence-electron chi connectivity index (χ3n) is 3.51. The minimum atomic E-state index is -0.165. The molecule has 1 saturated heterocycles. The Kier molecular flexibility index (Phi) is 4.19. The zero-order chi connectivity index (χ0) is 13.1. The molecule has 0 spiro atoms. The monoisotopic (exact) mass is 251 g/mol. The van der Waals surface area contributed by atoms with Gasteiger partial charge in [-0.1, -0.05) is 6.07 Å². The molecule has 1 aliphatic rings. The Morgan fingerprint density at radius 1 is 1.39 bits per heavy atom. The molecule has 18 heavy (non-hydrogen) atoms. The lowest BCUT2D eigenvalue weighted by molar-refractivity contribution is 0.230. The molecule has 4 heteroatoms. The third kappa shape index (κ3) is 2.82. The number of anilines is 1. The molecule has 100 valence electrons. The van der Waals surface area contributed by atoms with E-state index in [0.29, 0.717) is 12.1 Å². The molecule has 1 aromatic rings. The maximum absolute atomic E-state index is 13.4. The van der Waals surface area contributed by atoms with Gasteiger partial charge in [0.05, 0.1) is 6.04 Å². The molecule has 0 bridgehead atoms. The molecule has 1 fully saturated rings. The SMILES string of the molecule is CNCC1CN(C)CC(C)N1c1cccc(F)c1. The van der Waals surface area contributed by atoms with E-state index in [1.54, 1.807) is 12.1 Å². The van der Waals surface area contributed by atoms with Gasteiger partial charge in [-0.15, -0.1) is 0 Å². The number of halogens is 1. The van der Waals surface area contributed by atoms with E-state index in [-0.39, 0.29) is 5.82 Å². The Morgan fingerprint density at radius 2 is 2.17 bits per heavy atom. The predicted molar refractivity (Wildman–Crippen MR) is 73.6 cm³/mol. The number of benzene rings is 1. The minimum absolute atomic E-state index is 0.165. The Labute approximate surface area is 109 Å². The van der Waals surface area contributed by atoms with Crippen LogP contribution in [0.25, 0.3) is 0 Å². The molecule has 0 radical (unpaired) electrons. The van der Waals surface area contributed by atoms with Crippen LogP contribution in [0.15, 0.2) is 24.3 Å². The third-order valence-corrected chi connectivity index (χ3v) is 3.51. The van der Waals surface area contributed by atoms with E-state index in [2.05, 4.69) is 29.1 Å². The van der Waals surface area contributed by atoms with Crippen molar-refractivity contribution in [3.63, 3.8) is 0 Å². The molecular weight excluding hydrogens is 229 g/mol. The maximum Gasteiger partial charge on any atom is 0.125 e. The largest absolute Gasteiger partial charge is 0.362 e. The zero-order valence-corrected chi connectivity index (χ0v) is 11.4. The van der Waals surface area contributed by atoms with Crippen molar-refractivity contribution >= 4 is 5.69 Å². The molecule has 0 saturated carbocycles. The van der Waals surface area contributed by atoms with Crippen LogP contribution in [-0.2, 0) is 0 Å². The molecule has 2 atom stereocenters.